The number of cyclic esters (lactones) is 1. The van der Waals surface area contributed by atoms with Crippen LogP contribution in [0.15, 0.2) is 60.2 Å². The molecule has 28 heavy (non-hydrogen) atoms. The number of carbonyl (C=O) groups excluding carboxylic acids is 1. The molecule has 4 rings (SSSR count). The van der Waals surface area contributed by atoms with E-state index < -0.39 is 12.3 Å². The minimum atomic E-state index is -0.525. The van der Waals surface area contributed by atoms with Crippen molar-refractivity contribution in [1.29, 1.82) is 10.5 Å². The molecule has 0 radical (unpaired) electrons. The minimum absolute atomic E-state index is 0.250. The molecule has 0 bridgehead atoms. The Labute approximate surface area is 162 Å². The molecule has 0 aliphatic carbocycles. The molecule has 2 aliphatic heterocycles. The van der Waals surface area contributed by atoms with Crippen LogP contribution >= 0.6 is 0 Å². The van der Waals surface area contributed by atoms with E-state index in [1.165, 1.54) is 0 Å². The molecule has 0 saturated carbocycles. The molecule has 6 nitrogen and oxygen atoms in total. The van der Waals surface area contributed by atoms with Gasteiger partial charge in [0.25, 0.3) is 0 Å². The first-order valence-corrected chi connectivity index (χ1v) is 9.01. The molecular weight excluding hydrogens is 354 g/mol. The van der Waals surface area contributed by atoms with Crippen molar-refractivity contribution in [3.63, 3.8) is 0 Å². The van der Waals surface area contributed by atoms with Gasteiger partial charge in [0.2, 0.25) is 0 Å². The molecule has 1 amide bonds. The summed E-state index contributed by atoms with van der Waals surface area (Å²) in [5.74, 6) is 0.230. The summed E-state index contributed by atoms with van der Waals surface area (Å²) in [6.07, 6.45) is -0.486. The fraction of sp³-hybridized carbons (Fsp3) is 0.227. The highest BCUT2D eigenvalue weighted by Crippen LogP contribution is 2.41. The summed E-state index contributed by atoms with van der Waals surface area (Å²) in [5, 5.41) is 19.0. The van der Waals surface area contributed by atoms with Gasteiger partial charge in [-0.25, -0.2) is 4.79 Å². The monoisotopic (exact) mass is 371 g/mol. The summed E-state index contributed by atoms with van der Waals surface area (Å²) < 4.78 is 11.2. The predicted octanol–water partition coefficient (Wildman–Crippen LogP) is 3.78. The van der Waals surface area contributed by atoms with Crippen LogP contribution in [-0.4, -0.2) is 30.4 Å². The largest absolute Gasteiger partial charge is 0.469 e. The lowest BCUT2D eigenvalue weighted by Crippen LogP contribution is -2.41. The number of hydrogen-bond acceptors (Lipinski definition) is 5. The van der Waals surface area contributed by atoms with E-state index in [1.54, 1.807) is 17.0 Å². The zero-order valence-corrected chi connectivity index (χ0v) is 15.0. The van der Waals surface area contributed by atoms with Gasteiger partial charge >= 0.3 is 6.09 Å². The van der Waals surface area contributed by atoms with Crippen LogP contribution in [0.25, 0.3) is 5.76 Å². The summed E-state index contributed by atoms with van der Waals surface area (Å²) in [4.78, 5) is 13.7. The van der Waals surface area contributed by atoms with Crippen LogP contribution in [0, 0.1) is 22.7 Å². The Kier molecular flexibility index (Phi) is 4.70. The summed E-state index contributed by atoms with van der Waals surface area (Å²) in [6, 6.07) is 21.0. The number of hydrogen-bond donors (Lipinski definition) is 0. The quantitative estimate of drug-likeness (QED) is 0.820. The summed E-state index contributed by atoms with van der Waals surface area (Å²) in [5.41, 5.74) is 2.76. The fourth-order valence-electron chi connectivity index (χ4n) is 3.62. The van der Waals surface area contributed by atoms with Crippen LogP contribution in [-0.2, 0) is 9.47 Å². The van der Waals surface area contributed by atoms with Gasteiger partial charge in [0.1, 0.15) is 12.4 Å². The molecular formula is C22H17N3O3. The molecule has 0 spiro atoms. The van der Waals surface area contributed by atoms with E-state index in [1.807, 2.05) is 42.5 Å². The normalized spacial score (nSPS) is 21.5. The average Bonchev–Trinajstić information content (AvgIpc) is 3.19. The van der Waals surface area contributed by atoms with Crippen molar-refractivity contribution in [3.05, 3.63) is 76.9 Å². The number of benzene rings is 2. The van der Waals surface area contributed by atoms with Crippen molar-refractivity contribution >= 4 is 11.9 Å². The number of nitriles is 2. The second-order valence-corrected chi connectivity index (χ2v) is 6.62. The van der Waals surface area contributed by atoms with Crippen LogP contribution in [0.2, 0.25) is 0 Å². The smallest absolute Gasteiger partial charge is 0.412 e. The molecule has 138 valence electrons. The molecule has 2 heterocycles. The van der Waals surface area contributed by atoms with Gasteiger partial charge in [0.05, 0.1) is 29.8 Å². The van der Waals surface area contributed by atoms with E-state index in [-0.39, 0.29) is 5.92 Å². The van der Waals surface area contributed by atoms with Gasteiger partial charge in [-0.3, -0.25) is 4.90 Å². The van der Waals surface area contributed by atoms with E-state index >= 15 is 0 Å². The van der Waals surface area contributed by atoms with E-state index in [0.717, 1.165) is 11.1 Å². The van der Waals surface area contributed by atoms with Gasteiger partial charge in [-0.05, 0) is 17.7 Å². The molecule has 6 heteroatoms. The first-order valence-electron chi connectivity index (χ1n) is 9.01. The second kappa shape index (κ2) is 7.46. The molecule has 1 fully saturated rings. The van der Waals surface area contributed by atoms with Crippen LogP contribution in [0.3, 0.4) is 0 Å². The Morgan fingerprint density at radius 3 is 2.36 bits per heavy atom. The van der Waals surface area contributed by atoms with Crippen molar-refractivity contribution in [2.24, 2.45) is 0 Å². The molecule has 2 aromatic rings. The van der Waals surface area contributed by atoms with E-state index in [9.17, 15) is 10.1 Å². The van der Waals surface area contributed by atoms with E-state index in [4.69, 9.17) is 14.7 Å². The third-order valence-corrected chi connectivity index (χ3v) is 5.02. The van der Waals surface area contributed by atoms with Crippen molar-refractivity contribution in [1.82, 2.24) is 4.90 Å². The maximum Gasteiger partial charge on any atom is 0.412 e. The van der Waals surface area contributed by atoms with Crippen molar-refractivity contribution in [3.8, 4) is 12.1 Å². The van der Waals surface area contributed by atoms with Crippen LogP contribution in [0.5, 0.6) is 0 Å². The zero-order chi connectivity index (χ0) is 19.5. The van der Waals surface area contributed by atoms with Crippen LogP contribution in [0.1, 0.15) is 29.0 Å². The maximum atomic E-state index is 12.1. The predicted molar refractivity (Wildman–Crippen MR) is 100 cm³/mol. The standard InChI is InChI=1S/C22H17N3O3/c23-13-15-6-8-16(9-7-15)18-12-20(25-10-11-27-22(25)26)28-21(19(18)14-24)17-4-2-1-3-5-17/h1-9,18,20H,10-12H2/t18-,20-/m0/s1. The highest BCUT2D eigenvalue weighted by Gasteiger charge is 2.39. The van der Waals surface area contributed by atoms with Gasteiger partial charge in [-0.15, -0.1) is 0 Å². The molecule has 2 aliphatic rings. The van der Waals surface area contributed by atoms with Gasteiger partial charge in [0, 0.05) is 17.9 Å². The number of nitrogens with zero attached hydrogens (tertiary/aromatic N) is 3. The Morgan fingerprint density at radius 2 is 1.75 bits per heavy atom. The van der Waals surface area contributed by atoms with E-state index in [2.05, 4.69) is 12.1 Å². The van der Waals surface area contributed by atoms with Gasteiger partial charge in [-0.1, -0.05) is 42.5 Å². The highest BCUT2D eigenvalue weighted by molar-refractivity contribution is 5.72. The van der Waals surface area contributed by atoms with Crippen LogP contribution in [0.4, 0.5) is 4.79 Å². The minimum Gasteiger partial charge on any atom is -0.469 e. The zero-order valence-electron chi connectivity index (χ0n) is 15.0. The molecule has 2 aromatic carbocycles. The van der Waals surface area contributed by atoms with E-state index in [0.29, 0.717) is 36.5 Å². The number of allylic oxidation sites excluding steroid dienone is 1. The number of rotatable bonds is 3. The Hall–Kier alpha value is -3.77. The summed E-state index contributed by atoms with van der Waals surface area (Å²) in [6.45, 7) is 0.781. The van der Waals surface area contributed by atoms with Gasteiger partial charge < -0.3 is 9.47 Å². The summed E-state index contributed by atoms with van der Waals surface area (Å²) in [7, 11) is 0. The molecule has 0 unspecified atom stereocenters. The van der Waals surface area contributed by atoms with Crippen molar-refractivity contribution < 1.29 is 14.3 Å². The SMILES string of the molecule is N#CC1=C(c2ccccc2)O[C@H](N2CCOC2=O)C[C@H]1c1ccc(C#N)cc1. The first kappa shape index (κ1) is 17.6. The van der Waals surface area contributed by atoms with Crippen LogP contribution < -0.4 is 0 Å². The topological polar surface area (TPSA) is 86.3 Å². The first-order chi connectivity index (χ1) is 13.7. The average molecular weight is 371 g/mol. The molecule has 2 atom stereocenters. The Bertz CT molecular complexity index is 1000. The Morgan fingerprint density at radius 1 is 1.00 bits per heavy atom. The highest BCUT2D eigenvalue weighted by atomic mass is 16.6. The van der Waals surface area contributed by atoms with Gasteiger partial charge in [0.15, 0.2) is 6.23 Å². The molecule has 1 saturated heterocycles. The second-order valence-electron chi connectivity index (χ2n) is 6.62. The maximum absolute atomic E-state index is 12.1. The fourth-order valence-corrected chi connectivity index (χ4v) is 3.62. The third-order valence-electron chi connectivity index (χ3n) is 5.02. The lowest BCUT2D eigenvalue weighted by atomic mass is 9.84. The third kappa shape index (κ3) is 3.17. The summed E-state index contributed by atoms with van der Waals surface area (Å²) >= 11 is 0. The lowest BCUT2D eigenvalue weighted by Gasteiger charge is -2.36. The van der Waals surface area contributed by atoms with Crippen molar-refractivity contribution in [2.75, 3.05) is 13.2 Å². The molecule has 0 aromatic heterocycles. The molecule has 0 N–H and O–H groups in total. The number of amides is 1. The number of carbonyl (C=O) groups is 1. The Balaban J connectivity index is 1.80. The lowest BCUT2D eigenvalue weighted by molar-refractivity contribution is 0.0187. The van der Waals surface area contributed by atoms with Gasteiger partial charge in [-0.2, -0.15) is 10.5 Å². The number of ether oxygens (including phenoxy) is 2. The van der Waals surface area contributed by atoms with Crippen molar-refractivity contribution in [2.45, 2.75) is 18.6 Å².